The molecule has 0 aromatic heterocycles. The highest BCUT2D eigenvalue weighted by Gasteiger charge is 2.42. The molecular formula is C23H44O4. The molecule has 160 valence electrons. The average Bonchev–Trinajstić information content (AvgIpc) is 2.65. The molecule has 0 aliphatic heterocycles. The van der Waals surface area contributed by atoms with Gasteiger partial charge >= 0.3 is 0 Å². The summed E-state index contributed by atoms with van der Waals surface area (Å²) in [6, 6.07) is 0. The Morgan fingerprint density at radius 1 is 0.852 bits per heavy atom. The highest BCUT2D eigenvalue weighted by Crippen LogP contribution is 2.24. The zero-order valence-electron chi connectivity index (χ0n) is 18.0. The summed E-state index contributed by atoms with van der Waals surface area (Å²) >= 11 is 0. The highest BCUT2D eigenvalue weighted by atomic mass is 16.4. The number of aliphatic hydroxyl groups excluding tert-OH is 2. The zero-order chi connectivity index (χ0) is 20.5. The lowest BCUT2D eigenvalue weighted by Crippen LogP contribution is -2.53. The second-order valence-corrected chi connectivity index (χ2v) is 7.93. The van der Waals surface area contributed by atoms with E-state index in [1.165, 1.54) is 57.9 Å². The van der Waals surface area contributed by atoms with Crippen molar-refractivity contribution in [2.45, 2.75) is 128 Å². The summed E-state index contributed by atoms with van der Waals surface area (Å²) in [6.45, 7) is 5.54. The van der Waals surface area contributed by atoms with E-state index in [1.807, 2.05) is 0 Å². The molecule has 0 aliphatic carbocycles. The highest BCUT2D eigenvalue weighted by molar-refractivity contribution is 5.82. The van der Waals surface area contributed by atoms with Crippen LogP contribution < -0.4 is 0 Å². The van der Waals surface area contributed by atoms with Gasteiger partial charge in [0.1, 0.15) is 11.7 Å². The van der Waals surface area contributed by atoms with Gasteiger partial charge in [-0.05, 0) is 19.8 Å². The van der Waals surface area contributed by atoms with Crippen LogP contribution >= 0.6 is 0 Å². The van der Waals surface area contributed by atoms with E-state index in [0.717, 1.165) is 38.5 Å². The van der Waals surface area contributed by atoms with Crippen molar-refractivity contribution in [3.63, 3.8) is 0 Å². The monoisotopic (exact) mass is 384 g/mol. The molecule has 3 N–H and O–H groups in total. The Labute approximate surface area is 167 Å². The van der Waals surface area contributed by atoms with Crippen LogP contribution in [0.5, 0.6) is 0 Å². The number of aliphatic hydroxyl groups is 3. The lowest BCUT2D eigenvalue weighted by atomic mass is 9.84. The summed E-state index contributed by atoms with van der Waals surface area (Å²) < 4.78 is 0. The number of allylic oxidation sites excluding steroid dienone is 1. The zero-order valence-corrected chi connectivity index (χ0v) is 18.0. The molecule has 0 aromatic rings. The lowest BCUT2D eigenvalue weighted by molar-refractivity contribution is -0.150. The molecule has 4 nitrogen and oxygen atoms in total. The van der Waals surface area contributed by atoms with Crippen molar-refractivity contribution in [3.8, 4) is 0 Å². The van der Waals surface area contributed by atoms with E-state index in [4.69, 9.17) is 0 Å². The molecule has 0 spiro atoms. The molecule has 0 amide bonds. The fraction of sp³-hybridized carbons (Fsp3) is 0.870. The molecule has 0 aromatic carbocycles. The first-order valence-electron chi connectivity index (χ1n) is 11.2. The summed E-state index contributed by atoms with van der Waals surface area (Å²) in [4.78, 5) is 11.6. The first-order valence-corrected chi connectivity index (χ1v) is 11.2. The molecule has 0 rings (SSSR count). The van der Waals surface area contributed by atoms with Crippen LogP contribution in [0.3, 0.4) is 0 Å². The van der Waals surface area contributed by atoms with E-state index in [1.54, 1.807) is 6.08 Å². The van der Waals surface area contributed by atoms with Crippen molar-refractivity contribution in [2.75, 3.05) is 0 Å². The van der Waals surface area contributed by atoms with E-state index in [-0.39, 0.29) is 0 Å². The summed E-state index contributed by atoms with van der Waals surface area (Å²) in [5.41, 5.74) is -1.89. The van der Waals surface area contributed by atoms with Crippen LogP contribution in [0.1, 0.15) is 111 Å². The minimum absolute atomic E-state index is 0.384. The number of ketones is 1. The fourth-order valence-electron chi connectivity index (χ4n) is 3.36. The Kier molecular flexibility index (Phi) is 15.8. The van der Waals surface area contributed by atoms with Crippen LogP contribution in [0.2, 0.25) is 0 Å². The second-order valence-electron chi connectivity index (χ2n) is 7.93. The van der Waals surface area contributed by atoms with Gasteiger partial charge in [0, 0.05) is 0 Å². The number of unbranched alkanes of at least 4 members (excludes halogenated alkanes) is 11. The summed E-state index contributed by atoms with van der Waals surface area (Å²) in [6.07, 6.45) is 15.6. The maximum absolute atomic E-state index is 11.6. The molecule has 3 atom stereocenters. The molecule has 0 heterocycles. The van der Waals surface area contributed by atoms with Crippen molar-refractivity contribution >= 4 is 5.78 Å². The van der Waals surface area contributed by atoms with Gasteiger partial charge in [-0.1, -0.05) is 103 Å². The van der Waals surface area contributed by atoms with Crippen LogP contribution in [0.4, 0.5) is 0 Å². The predicted molar refractivity (Wildman–Crippen MR) is 113 cm³/mol. The van der Waals surface area contributed by atoms with Crippen LogP contribution in [-0.2, 0) is 4.79 Å². The van der Waals surface area contributed by atoms with Gasteiger partial charge in [-0.3, -0.25) is 4.79 Å². The quantitative estimate of drug-likeness (QED) is 0.227. The molecule has 27 heavy (non-hydrogen) atoms. The molecule has 0 aliphatic rings. The Balaban J connectivity index is 4.23. The van der Waals surface area contributed by atoms with E-state index < -0.39 is 23.6 Å². The molecular weight excluding hydrogens is 340 g/mol. The first-order chi connectivity index (χ1) is 12.9. The minimum Gasteiger partial charge on any atom is -0.390 e. The third kappa shape index (κ3) is 11.7. The third-order valence-corrected chi connectivity index (χ3v) is 5.30. The number of carbonyl (C=O) groups excluding carboxylic acids is 1. The van der Waals surface area contributed by atoms with Gasteiger partial charge in [-0.15, -0.1) is 0 Å². The first kappa shape index (κ1) is 26.3. The molecule has 0 bridgehead atoms. The van der Waals surface area contributed by atoms with Gasteiger partial charge in [0.05, 0.1) is 6.10 Å². The maximum Gasteiger partial charge on any atom is 0.161 e. The van der Waals surface area contributed by atoms with Gasteiger partial charge < -0.3 is 15.3 Å². The molecule has 0 saturated heterocycles. The lowest BCUT2D eigenvalue weighted by Gasteiger charge is -2.33. The largest absolute Gasteiger partial charge is 0.390 e. The van der Waals surface area contributed by atoms with Gasteiger partial charge in [-0.25, -0.2) is 0 Å². The standard InChI is InChI=1S/C23H44O4/c1-4-6-8-10-11-12-13-14-15-16-18-21(25)23(27,22(26)20(3)24)19-17-9-7-5-2/h17,19,21-22,25-27H,4-16,18H2,1-3H3/t21-,22?,23?/m1/s1. The Morgan fingerprint density at radius 3 is 1.81 bits per heavy atom. The smallest absolute Gasteiger partial charge is 0.161 e. The van der Waals surface area contributed by atoms with E-state index >= 15 is 0 Å². The number of Topliss-reactive ketones (excluding diaryl/α,β-unsaturated/α-hetero) is 1. The van der Waals surface area contributed by atoms with E-state index in [2.05, 4.69) is 13.8 Å². The summed E-state index contributed by atoms with van der Waals surface area (Å²) in [7, 11) is 0. The van der Waals surface area contributed by atoms with Gasteiger partial charge in [0.15, 0.2) is 5.78 Å². The summed E-state index contributed by atoms with van der Waals surface area (Å²) in [5, 5.41) is 31.3. The van der Waals surface area contributed by atoms with Crippen molar-refractivity contribution in [1.29, 1.82) is 0 Å². The third-order valence-electron chi connectivity index (χ3n) is 5.30. The second kappa shape index (κ2) is 16.3. The van der Waals surface area contributed by atoms with Gasteiger partial charge in [0.25, 0.3) is 0 Å². The topological polar surface area (TPSA) is 77.8 Å². The molecule has 4 heteroatoms. The van der Waals surface area contributed by atoms with Crippen molar-refractivity contribution < 1.29 is 20.1 Å². The van der Waals surface area contributed by atoms with Gasteiger partial charge in [0.2, 0.25) is 0 Å². The Morgan fingerprint density at radius 2 is 1.33 bits per heavy atom. The van der Waals surface area contributed by atoms with Crippen LogP contribution in [0.15, 0.2) is 12.2 Å². The maximum atomic E-state index is 11.6. The Bertz CT molecular complexity index is 394. The van der Waals surface area contributed by atoms with Crippen LogP contribution in [0.25, 0.3) is 0 Å². The van der Waals surface area contributed by atoms with Crippen LogP contribution in [-0.4, -0.2) is 38.9 Å². The predicted octanol–water partition coefficient (Wildman–Crippen LogP) is 5.09. The van der Waals surface area contributed by atoms with E-state index in [0.29, 0.717) is 6.42 Å². The van der Waals surface area contributed by atoms with E-state index in [9.17, 15) is 20.1 Å². The number of hydrogen-bond acceptors (Lipinski definition) is 4. The Hall–Kier alpha value is -0.710. The van der Waals surface area contributed by atoms with Crippen molar-refractivity contribution in [3.05, 3.63) is 12.2 Å². The number of rotatable bonds is 18. The number of hydrogen-bond donors (Lipinski definition) is 3. The average molecular weight is 385 g/mol. The van der Waals surface area contributed by atoms with Crippen molar-refractivity contribution in [2.24, 2.45) is 0 Å². The van der Waals surface area contributed by atoms with Crippen molar-refractivity contribution in [1.82, 2.24) is 0 Å². The molecule has 0 fully saturated rings. The normalized spacial score (nSPS) is 16.4. The fourth-order valence-corrected chi connectivity index (χ4v) is 3.36. The minimum atomic E-state index is -1.89. The molecule has 0 radical (unpaired) electrons. The van der Waals surface area contributed by atoms with Crippen LogP contribution in [0, 0.1) is 0 Å². The number of carbonyl (C=O) groups is 1. The SMILES string of the molecule is CCCCC=CC(O)(C(O)C(C)=O)[C@H](O)CCCCCCCCCCCC. The molecule has 0 saturated carbocycles. The molecule has 2 unspecified atom stereocenters. The summed E-state index contributed by atoms with van der Waals surface area (Å²) in [5.74, 6) is -0.528. The van der Waals surface area contributed by atoms with Gasteiger partial charge in [-0.2, -0.15) is 0 Å².